The molecule has 0 unspecified atom stereocenters. The highest BCUT2D eigenvalue weighted by atomic mass is 32.1. The topological polar surface area (TPSA) is 92.3 Å². The van der Waals surface area contributed by atoms with Gasteiger partial charge < -0.3 is 0 Å². The first-order valence-corrected chi connectivity index (χ1v) is 8.54. The van der Waals surface area contributed by atoms with Crippen molar-refractivity contribution in [3.63, 3.8) is 0 Å². The van der Waals surface area contributed by atoms with E-state index in [4.69, 9.17) is 0 Å². The number of rotatable bonds is 3. The Morgan fingerprint density at radius 3 is 2.46 bits per heavy atom. The van der Waals surface area contributed by atoms with Gasteiger partial charge in [-0.05, 0) is 18.2 Å². The maximum absolute atomic E-state index is 12.5. The monoisotopic (exact) mass is 356 g/mol. The number of amides is 3. The minimum atomic E-state index is -0.478. The molecule has 0 bridgehead atoms. The van der Waals surface area contributed by atoms with Gasteiger partial charge in [0.1, 0.15) is 0 Å². The lowest BCUT2D eigenvalue weighted by Crippen LogP contribution is -2.29. The van der Waals surface area contributed by atoms with E-state index in [9.17, 15) is 14.4 Å². The molecule has 24 heavy (non-hydrogen) atoms. The molecule has 0 atom stereocenters. The second-order valence-corrected chi connectivity index (χ2v) is 6.58. The summed E-state index contributed by atoms with van der Waals surface area (Å²) in [5.41, 5.74) is 0.745. The molecule has 4 rings (SSSR count). The Kier molecular flexibility index (Phi) is 3.44. The number of benzene rings is 1. The summed E-state index contributed by atoms with van der Waals surface area (Å²) < 4.78 is 0. The first-order valence-electron chi connectivity index (χ1n) is 6.78. The lowest BCUT2D eigenvalue weighted by atomic mass is 10.1. The van der Waals surface area contributed by atoms with Crippen molar-refractivity contribution in [1.82, 2.24) is 9.97 Å². The first-order chi connectivity index (χ1) is 11.6. The van der Waals surface area contributed by atoms with Crippen LogP contribution in [0.2, 0.25) is 0 Å². The molecular weight excluding hydrogens is 348 g/mol. The number of aromatic nitrogens is 2. The summed E-state index contributed by atoms with van der Waals surface area (Å²) >= 11 is 2.49. The summed E-state index contributed by atoms with van der Waals surface area (Å²) in [6.45, 7) is 0. The molecule has 3 amide bonds. The van der Waals surface area contributed by atoms with Gasteiger partial charge in [-0.1, -0.05) is 0 Å². The zero-order chi connectivity index (χ0) is 16.7. The zero-order valence-electron chi connectivity index (χ0n) is 11.9. The quantitative estimate of drug-likeness (QED) is 0.728. The zero-order valence-corrected chi connectivity index (χ0v) is 13.6. The predicted octanol–water partition coefficient (Wildman–Crippen LogP) is 2.65. The minimum absolute atomic E-state index is 0.196. The lowest BCUT2D eigenvalue weighted by Gasteiger charge is -2.08. The van der Waals surface area contributed by atoms with Crippen LogP contribution >= 0.6 is 22.7 Å². The van der Waals surface area contributed by atoms with Crippen molar-refractivity contribution in [2.75, 3.05) is 10.2 Å². The Balaban J connectivity index is 1.67. The third-order valence-electron chi connectivity index (χ3n) is 3.41. The molecule has 0 radical (unpaired) electrons. The number of nitrogens with zero attached hydrogens (tertiary/aromatic N) is 3. The van der Waals surface area contributed by atoms with E-state index in [1.165, 1.54) is 47.1 Å². The molecule has 3 heterocycles. The number of fused-ring (bicyclic) bond motifs is 1. The summed E-state index contributed by atoms with van der Waals surface area (Å²) in [6.07, 6.45) is 3.10. The van der Waals surface area contributed by atoms with Gasteiger partial charge in [0.05, 0.1) is 11.1 Å². The maximum Gasteiger partial charge on any atom is 0.268 e. The fraction of sp³-hybridized carbons (Fsp3) is 0. The molecule has 7 nitrogen and oxygen atoms in total. The number of carbonyl (C=O) groups excluding carboxylic acids is 3. The fourth-order valence-electron chi connectivity index (χ4n) is 2.34. The number of anilines is 2. The molecule has 1 aromatic carbocycles. The maximum atomic E-state index is 12.5. The van der Waals surface area contributed by atoms with Gasteiger partial charge in [0.2, 0.25) is 0 Å². The summed E-state index contributed by atoms with van der Waals surface area (Å²) in [7, 11) is 0. The first kappa shape index (κ1) is 14.7. The number of carbonyl (C=O) groups is 3. The van der Waals surface area contributed by atoms with E-state index in [1.807, 2.05) is 0 Å². The third kappa shape index (κ3) is 2.30. The van der Waals surface area contributed by atoms with Crippen molar-refractivity contribution >= 4 is 50.7 Å². The molecule has 3 aromatic rings. The van der Waals surface area contributed by atoms with Gasteiger partial charge in [-0.15, -0.1) is 22.7 Å². The molecule has 1 aliphatic rings. The van der Waals surface area contributed by atoms with E-state index < -0.39 is 11.8 Å². The molecular formula is C15H8N4O3S2. The van der Waals surface area contributed by atoms with E-state index in [0.717, 1.165) is 4.90 Å². The van der Waals surface area contributed by atoms with E-state index in [0.29, 0.717) is 10.3 Å². The van der Waals surface area contributed by atoms with E-state index in [2.05, 4.69) is 15.3 Å². The van der Waals surface area contributed by atoms with Crippen LogP contribution in [-0.4, -0.2) is 27.7 Å². The van der Waals surface area contributed by atoms with Crippen LogP contribution in [0.3, 0.4) is 0 Å². The van der Waals surface area contributed by atoms with Crippen LogP contribution in [0, 0.1) is 0 Å². The van der Waals surface area contributed by atoms with Gasteiger partial charge >= 0.3 is 0 Å². The second-order valence-electron chi connectivity index (χ2n) is 4.81. The highest BCUT2D eigenvalue weighted by Gasteiger charge is 2.38. The van der Waals surface area contributed by atoms with Gasteiger partial charge in [0.25, 0.3) is 17.7 Å². The van der Waals surface area contributed by atoms with E-state index in [-0.39, 0.29) is 22.6 Å². The van der Waals surface area contributed by atoms with E-state index >= 15 is 0 Å². The molecule has 1 N–H and O–H groups in total. The Morgan fingerprint density at radius 1 is 1.00 bits per heavy atom. The molecule has 2 aromatic heterocycles. The molecule has 118 valence electrons. The molecule has 9 heteroatoms. The average Bonchev–Trinajstić information content (AvgIpc) is 3.31. The van der Waals surface area contributed by atoms with Crippen molar-refractivity contribution in [3.8, 4) is 0 Å². The average molecular weight is 356 g/mol. The van der Waals surface area contributed by atoms with Crippen LogP contribution < -0.4 is 10.2 Å². The number of imide groups is 1. The number of hydrogen-bond acceptors (Lipinski definition) is 7. The van der Waals surface area contributed by atoms with E-state index in [1.54, 1.807) is 17.0 Å². The van der Waals surface area contributed by atoms with Crippen LogP contribution in [0.25, 0.3) is 0 Å². The fourth-order valence-corrected chi connectivity index (χ4v) is 3.50. The molecule has 0 aliphatic carbocycles. The van der Waals surface area contributed by atoms with Crippen molar-refractivity contribution in [1.29, 1.82) is 0 Å². The molecule has 0 spiro atoms. The van der Waals surface area contributed by atoms with Gasteiger partial charge in [-0.25, -0.2) is 14.9 Å². The predicted molar refractivity (Wildman–Crippen MR) is 89.8 cm³/mol. The summed E-state index contributed by atoms with van der Waals surface area (Å²) in [5, 5.41) is 6.85. The van der Waals surface area contributed by atoms with Gasteiger partial charge in [-0.2, -0.15) is 0 Å². The van der Waals surface area contributed by atoms with Crippen LogP contribution in [0.1, 0.15) is 31.1 Å². The second kappa shape index (κ2) is 5.62. The lowest BCUT2D eigenvalue weighted by molar-refractivity contribution is 0.0925. The highest BCUT2D eigenvalue weighted by Crippen LogP contribution is 2.30. The SMILES string of the molecule is O=C(Nc1nccs1)c1ccc2c(c1)C(=O)N(c1nccs1)C2=O. The number of hydrogen-bond donors (Lipinski definition) is 1. The Labute approximate surface area is 143 Å². The summed E-state index contributed by atoms with van der Waals surface area (Å²) in [6, 6.07) is 4.42. The van der Waals surface area contributed by atoms with Crippen LogP contribution in [0.15, 0.2) is 41.4 Å². The smallest absolute Gasteiger partial charge is 0.268 e. The van der Waals surface area contributed by atoms with Crippen molar-refractivity contribution in [3.05, 3.63) is 58.0 Å². The standard InChI is InChI=1S/C15H8N4O3S2/c20-11(18-14-16-3-5-23-14)8-1-2-9-10(7-8)13(22)19(12(9)21)15-17-4-6-24-15/h1-7H,(H,16,18,20). The molecule has 0 saturated heterocycles. The molecule has 1 aliphatic heterocycles. The highest BCUT2D eigenvalue weighted by molar-refractivity contribution is 7.14. The third-order valence-corrected chi connectivity index (χ3v) is 4.86. The summed E-state index contributed by atoms with van der Waals surface area (Å²) in [5.74, 6) is -1.30. The molecule has 0 saturated carbocycles. The number of nitrogens with one attached hydrogen (secondary N) is 1. The van der Waals surface area contributed by atoms with Gasteiger partial charge in [0, 0.05) is 28.7 Å². The normalized spacial score (nSPS) is 13.2. The van der Waals surface area contributed by atoms with Gasteiger partial charge in [0.15, 0.2) is 10.3 Å². The Bertz CT molecular complexity index is 951. The van der Waals surface area contributed by atoms with Crippen molar-refractivity contribution in [2.24, 2.45) is 0 Å². The van der Waals surface area contributed by atoms with Crippen LogP contribution in [0.5, 0.6) is 0 Å². The summed E-state index contributed by atoms with van der Waals surface area (Å²) in [4.78, 5) is 46.2. The van der Waals surface area contributed by atoms with Gasteiger partial charge in [-0.3, -0.25) is 19.7 Å². The van der Waals surface area contributed by atoms with Crippen LogP contribution in [-0.2, 0) is 0 Å². The van der Waals surface area contributed by atoms with Crippen molar-refractivity contribution in [2.45, 2.75) is 0 Å². The van der Waals surface area contributed by atoms with Crippen LogP contribution in [0.4, 0.5) is 10.3 Å². The van der Waals surface area contributed by atoms with Crippen molar-refractivity contribution < 1.29 is 14.4 Å². The Hall–Kier alpha value is -2.91. The largest absolute Gasteiger partial charge is 0.298 e. The number of thiazole rings is 2. The molecule has 0 fully saturated rings. The Morgan fingerprint density at radius 2 is 1.75 bits per heavy atom. The minimum Gasteiger partial charge on any atom is -0.298 e.